The number of carbonyl (C=O) groups excluding carboxylic acids is 1. The Hall–Kier alpha value is -3.41. The lowest BCUT2D eigenvalue weighted by atomic mass is 9.93. The Kier molecular flexibility index (Phi) is 6.59. The summed E-state index contributed by atoms with van der Waals surface area (Å²) in [4.78, 5) is 12.6. The van der Waals surface area contributed by atoms with Gasteiger partial charge in [-0.2, -0.15) is 0 Å². The normalized spacial score (nSPS) is 15.9. The number of ether oxygens (including phenoxy) is 1. The van der Waals surface area contributed by atoms with Crippen LogP contribution in [0.3, 0.4) is 0 Å². The Morgan fingerprint density at radius 3 is 2.48 bits per heavy atom. The molecule has 1 aliphatic rings. The molecule has 3 rings (SSSR count). The van der Waals surface area contributed by atoms with Crippen molar-refractivity contribution < 1.29 is 30.0 Å². The average Bonchev–Trinajstić information content (AvgIpc) is 2.67. The number of allylic oxidation sites excluding steroid dienone is 4. The molecule has 0 bridgehead atoms. The highest BCUT2D eigenvalue weighted by Crippen LogP contribution is 2.43. The number of rotatable bonds is 6. The first kappa shape index (κ1) is 22.3. The minimum absolute atomic E-state index is 0.0344. The van der Waals surface area contributed by atoms with Gasteiger partial charge in [-0.1, -0.05) is 23.3 Å². The summed E-state index contributed by atoms with van der Waals surface area (Å²) in [5, 5.41) is 40.2. The van der Waals surface area contributed by atoms with E-state index in [1.807, 2.05) is 13.0 Å². The van der Waals surface area contributed by atoms with Crippen LogP contribution in [-0.4, -0.2) is 26.2 Å². The van der Waals surface area contributed by atoms with E-state index in [0.717, 1.165) is 18.9 Å². The van der Waals surface area contributed by atoms with Crippen molar-refractivity contribution >= 4 is 5.78 Å². The molecule has 6 heteroatoms. The highest BCUT2D eigenvalue weighted by atomic mass is 16.5. The highest BCUT2D eigenvalue weighted by Gasteiger charge is 2.31. The molecular weight excluding hydrogens is 396 g/mol. The van der Waals surface area contributed by atoms with Crippen LogP contribution < -0.4 is 4.74 Å². The predicted octanol–water partition coefficient (Wildman–Crippen LogP) is 5.45. The Labute approximate surface area is 181 Å². The van der Waals surface area contributed by atoms with Gasteiger partial charge in [0.15, 0.2) is 17.3 Å². The lowest BCUT2D eigenvalue weighted by molar-refractivity contribution is 0.0844. The fourth-order valence-electron chi connectivity index (χ4n) is 3.63. The SMILES string of the molecule is CC(C)=CCC/C(C)=C/Cc1cc([C@@H]2CC(=O)c3c(O)cc(O)cc3O2)cc(O)c1O. The second kappa shape index (κ2) is 9.16. The van der Waals surface area contributed by atoms with Gasteiger partial charge in [-0.3, -0.25) is 4.79 Å². The van der Waals surface area contributed by atoms with Gasteiger partial charge >= 0.3 is 0 Å². The van der Waals surface area contributed by atoms with Gasteiger partial charge in [0.1, 0.15) is 28.9 Å². The van der Waals surface area contributed by atoms with E-state index in [9.17, 15) is 25.2 Å². The molecule has 164 valence electrons. The Morgan fingerprint density at radius 2 is 1.77 bits per heavy atom. The number of hydrogen-bond acceptors (Lipinski definition) is 6. The maximum atomic E-state index is 12.6. The minimum atomic E-state index is -0.714. The summed E-state index contributed by atoms with van der Waals surface area (Å²) in [6.45, 7) is 6.15. The van der Waals surface area contributed by atoms with Gasteiger partial charge in [0.05, 0.1) is 6.42 Å². The van der Waals surface area contributed by atoms with Gasteiger partial charge in [-0.25, -0.2) is 0 Å². The number of ketones is 1. The second-order valence-electron chi connectivity index (χ2n) is 8.19. The summed E-state index contributed by atoms with van der Waals surface area (Å²) >= 11 is 0. The summed E-state index contributed by atoms with van der Waals surface area (Å²) in [7, 11) is 0. The number of phenolic OH excluding ortho intramolecular Hbond substituents is 4. The van der Waals surface area contributed by atoms with Crippen LogP contribution in [0.4, 0.5) is 0 Å². The molecule has 1 heterocycles. The molecule has 1 aliphatic heterocycles. The van der Waals surface area contributed by atoms with Crippen molar-refractivity contribution in [3.05, 3.63) is 64.3 Å². The molecule has 0 unspecified atom stereocenters. The molecule has 0 fully saturated rings. The van der Waals surface area contributed by atoms with Gasteiger partial charge in [-0.05, 0) is 57.7 Å². The number of benzene rings is 2. The molecule has 0 spiro atoms. The highest BCUT2D eigenvalue weighted by molar-refractivity contribution is 6.02. The molecule has 4 N–H and O–H groups in total. The zero-order valence-electron chi connectivity index (χ0n) is 18.0. The third-order valence-electron chi connectivity index (χ3n) is 5.31. The van der Waals surface area contributed by atoms with Crippen molar-refractivity contribution in [1.82, 2.24) is 0 Å². The molecule has 31 heavy (non-hydrogen) atoms. The zero-order valence-corrected chi connectivity index (χ0v) is 18.0. The minimum Gasteiger partial charge on any atom is -0.508 e. The molecule has 0 saturated carbocycles. The lowest BCUT2D eigenvalue weighted by Gasteiger charge is -2.26. The Balaban J connectivity index is 1.84. The van der Waals surface area contributed by atoms with E-state index in [0.29, 0.717) is 17.5 Å². The summed E-state index contributed by atoms with van der Waals surface area (Å²) in [5.74, 6) is -1.27. The van der Waals surface area contributed by atoms with Gasteiger partial charge in [0.2, 0.25) is 0 Å². The number of aromatic hydroxyl groups is 4. The van der Waals surface area contributed by atoms with Crippen molar-refractivity contribution in [1.29, 1.82) is 0 Å². The fourth-order valence-corrected chi connectivity index (χ4v) is 3.63. The van der Waals surface area contributed by atoms with E-state index in [1.165, 1.54) is 23.3 Å². The largest absolute Gasteiger partial charge is 0.508 e. The van der Waals surface area contributed by atoms with Crippen molar-refractivity contribution in [3.63, 3.8) is 0 Å². The van der Waals surface area contributed by atoms with E-state index in [4.69, 9.17) is 4.74 Å². The van der Waals surface area contributed by atoms with Crippen LogP contribution in [0.1, 0.15) is 67.6 Å². The zero-order chi connectivity index (χ0) is 22.7. The van der Waals surface area contributed by atoms with Gasteiger partial charge in [-0.15, -0.1) is 0 Å². The van der Waals surface area contributed by atoms with Crippen LogP contribution in [0.5, 0.6) is 28.7 Å². The van der Waals surface area contributed by atoms with Crippen LogP contribution in [0, 0.1) is 0 Å². The summed E-state index contributed by atoms with van der Waals surface area (Å²) in [6.07, 6.45) is 5.70. The number of fused-ring (bicyclic) bond motifs is 1. The Bertz CT molecular complexity index is 1060. The quantitative estimate of drug-likeness (QED) is 0.363. The molecule has 0 saturated heterocycles. The lowest BCUT2D eigenvalue weighted by Crippen LogP contribution is -2.20. The number of Topliss-reactive ketones (excluding diaryl/α,β-unsaturated/α-hetero) is 1. The Morgan fingerprint density at radius 1 is 1.03 bits per heavy atom. The van der Waals surface area contributed by atoms with Crippen molar-refractivity contribution in [2.45, 2.75) is 52.6 Å². The summed E-state index contributed by atoms with van der Waals surface area (Å²) in [6, 6.07) is 5.45. The van der Waals surface area contributed by atoms with E-state index in [1.54, 1.807) is 6.07 Å². The third-order valence-corrected chi connectivity index (χ3v) is 5.31. The van der Waals surface area contributed by atoms with Gasteiger partial charge in [0, 0.05) is 17.7 Å². The first-order valence-corrected chi connectivity index (χ1v) is 10.2. The van der Waals surface area contributed by atoms with Crippen LogP contribution in [0.2, 0.25) is 0 Å². The van der Waals surface area contributed by atoms with Crippen LogP contribution >= 0.6 is 0 Å². The third kappa shape index (κ3) is 5.20. The van der Waals surface area contributed by atoms with E-state index >= 15 is 0 Å². The smallest absolute Gasteiger partial charge is 0.174 e. The van der Waals surface area contributed by atoms with Crippen molar-refractivity contribution in [3.8, 4) is 28.7 Å². The molecule has 2 aromatic rings. The van der Waals surface area contributed by atoms with Gasteiger partial charge < -0.3 is 25.2 Å². The van der Waals surface area contributed by atoms with Crippen LogP contribution in [0.25, 0.3) is 0 Å². The molecule has 0 amide bonds. The van der Waals surface area contributed by atoms with Crippen molar-refractivity contribution in [2.75, 3.05) is 0 Å². The first-order chi connectivity index (χ1) is 14.7. The summed E-state index contributed by atoms with van der Waals surface area (Å²) < 4.78 is 5.85. The van der Waals surface area contributed by atoms with E-state index in [-0.39, 0.29) is 46.5 Å². The summed E-state index contributed by atoms with van der Waals surface area (Å²) in [5.41, 5.74) is 3.53. The molecule has 0 aromatic heterocycles. The maximum absolute atomic E-state index is 12.6. The average molecular weight is 424 g/mol. The van der Waals surface area contributed by atoms with Gasteiger partial charge in [0.25, 0.3) is 0 Å². The number of carbonyl (C=O) groups is 1. The van der Waals surface area contributed by atoms with E-state index in [2.05, 4.69) is 19.9 Å². The van der Waals surface area contributed by atoms with Crippen LogP contribution in [0.15, 0.2) is 47.6 Å². The van der Waals surface area contributed by atoms with Crippen LogP contribution in [-0.2, 0) is 6.42 Å². The molecule has 2 aromatic carbocycles. The fraction of sp³-hybridized carbons (Fsp3) is 0.320. The molecule has 1 atom stereocenters. The number of phenols is 4. The molecule has 0 radical (unpaired) electrons. The molecule has 0 aliphatic carbocycles. The molecule has 6 nitrogen and oxygen atoms in total. The topological polar surface area (TPSA) is 107 Å². The predicted molar refractivity (Wildman–Crippen MR) is 118 cm³/mol. The maximum Gasteiger partial charge on any atom is 0.174 e. The van der Waals surface area contributed by atoms with E-state index < -0.39 is 6.10 Å². The monoisotopic (exact) mass is 424 g/mol. The standard InChI is InChI=1S/C25H28O6/c1-14(2)5-4-6-15(3)7-8-16-9-17(10-21(29)25(16)30)22-13-20(28)24-19(27)11-18(26)12-23(24)31-22/h5,7,9-12,22,26-27,29-30H,4,6,8,13H2,1-3H3/b15-7+/t22-/m0/s1. The number of hydrogen-bond donors (Lipinski definition) is 4. The molecular formula is C25H28O6. The van der Waals surface area contributed by atoms with Crippen molar-refractivity contribution in [2.24, 2.45) is 0 Å². The second-order valence-corrected chi connectivity index (χ2v) is 8.19. The first-order valence-electron chi connectivity index (χ1n) is 10.2.